The third kappa shape index (κ3) is 4.76. The predicted octanol–water partition coefficient (Wildman–Crippen LogP) is 5.88. The van der Waals surface area contributed by atoms with Gasteiger partial charge in [0.1, 0.15) is 12.4 Å². The van der Waals surface area contributed by atoms with Crippen molar-refractivity contribution in [1.29, 1.82) is 0 Å². The van der Waals surface area contributed by atoms with Crippen molar-refractivity contribution in [2.45, 2.75) is 12.8 Å². The van der Waals surface area contributed by atoms with Crippen molar-refractivity contribution in [1.82, 2.24) is 10.2 Å². The standard InChI is InChI=1S/C18H11Cl2F3N2O3/c19-14-7-11(18(21,22)23)8-15(20)16(14)28-13-3-1-2-10(6-13)17(26)27-9-12-4-5-24-25-12/h1-8H,9H2,(H,24,25). The van der Waals surface area contributed by atoms with Gasteiger partial charge in [-0.3, -0.25) is 5.10 Å². The van der Waals surface area contributed by atoms with Gasteiger partial charge in [-0.2, -0.15) is 18.3 Å². The van der Waals surface area contributed by atoms with E-state index in [0.717, 1.165) is 0 Å². The lowest BCUT2D eigenvalue weighted by Gasteiger charge is -2.13. The lowest BCUT2D eigenvalue weighted by molar-refractivity contribution is -0.137. The molecule has 5 nitrogen and oxygen atoms in total. The van der Waals surface area contributed by atoms with Crippen LogP contribution in [0.2, 0.25) is 10.0 Å². The van der Waals surface area contributed by atoms with E-state index in [1.54, 1.807) is 6.07 Å². The Kier molecular flexibility index (Phi) is 5.81. The Labute approximate surface area is 167 Å². The quantitative estimate of drug-likeness (QED) is 0.512. The van der Waals surface area contributed by atoms with Gasteiger partial charge in [0.25, 0.3) is 0 Å². The highest BCUT2D eigenvalue weighted by atomic mass is 35.5. The molecule has 0 aliphatic rings. The van der Waals surface area contributed by atoms with Gasteiger partial charge in [0.2, 0.25) is 0 Å². The summed E-state index contributed by atoms with van der Waals surface area (Å²) in [5.41, 5.74) is -0.203. The summed E-state index contributed by atoms with van der Waals surface area (Å²) in [5.74, 6) is -0.622. The number of carbonyl (C=O) groups excluding carboxylic acids is 1. The Balaban J connectivity index is 1.77. The Hall–Kier alpha value is -2.71. The minimum atomic E-state index is -4.59. The number of nitrogens with one attached hydrogen (secondary N) is 1. The molecule has 10 heteroatoms. The van der Waals surface area contributed by atoms with Crippen molar-refractivity contribution in [3.8, 4) is 11.5 Å². The van der Waals surface area contributed by atoms with E-state index >= 15 is 0 Å². The van der Waals surface area contributed by atoms with E-state index in [-0.39, 0.29) is 33.7 Å². The molecule has 1 N–H and O–H groups in total. The van der Waals surface area contributed by atoms with Crippen LogP contribution in [0.4, 0.5) is 13.2 Å². The van der Waals surface area contributed by atoms with Gasteiger partial charge in [-0.15, -0.1) is 0 Å². The number of hydrogen-bond acceptors (Lipinski definition) is 4. The summed E-state index contributed by atoms with van der Waals surface area (Å²) >= 11 is 11.8. The second kappa shape index (κ2) is 8.12. The smallest absolute Gasteiger partial charge is 0.416 e. The van der Waals surface area contributed by atoms with Crippen molar-refractivity contribution in [3.05, 3.63) is 75.5 Å². The summed E-state index contributed by atoms with van der Waals surface area (Å²) in [5, 5.41) is 5.77. The molecular weight excluding hydrogens is 420 g/mol. The summed E-state index contributed by atoms with van der Waals surface area (Å²) in [6.07, 6.45) is -3.07. The molecule has 0 amide bonds. The van der Waals surface area contributed by atoms with Crippen LogP contribution in [0.5, 0.6) is 11.5 Å². The number of rotatable bonds is 5. The largest absolute Gasteiger partial charge is 0.456 e. The van der Waals surface area contributed by atoms with Crippen LogP contribution < -0.4 is 4.74 Å². The van der Waals surface area contributed by atoms with Crippen LogP contribution in [-0.2, 0) is 17.5 Å². The highest BCUT2D eigenvalue weighted by molar-refractivity contribution is 6.37. The third-order valence-corrected chi connectivity index (χ3v) is 4.09. The first-order valence-corrected chi connectivity index (χ1v) is 8.49. The van der Waals surface area contributed by atoms with Crippen LogP contribution in [0.15, 0.2) is 48.7 Å². The van der Waals surface area contributed by atoms with Crippen LogP contribution in [-0.4, -0.2) is 16.2 Å². The number of hydrogen-bond donors (Lipinski definition) is 1. The van der Waals surface area contributed by atoms with Crippen molar-refractivity contribution in [3.63, 3.8) is 0 Å². The molecule has 28 heavy (non-hydrogen) atoms. The summed E-state index contributed by atoms with van der Waals surface area (Å²) in [7, 11) is 0. The first kappa shape index (κ1) is 20.0. The van der Waals surface area contributed by atoms with Gasteiger partial charge in [-0.25, -0.2) is 4.79 Å². The van der Waals surface area contributed by atoms with Crippen LogP contribution in [0.25, 0.3) is 0 Å². The van der Waals surface area contributed by atoms with E-state index in [9.17, 15) is 18.0 Å². The first-order chi connectivity index (χ1) is 13.2. The number of carbonyl (C=O) groups is 1. The fourth-order valence-corrected chi connectivity index (χ4v) is 2.78. The topological polar surface area (TPSA) is 64.2 Å². The molecule has 3 aromatic rings. The number of nitrogens with zero attached hydrogens (tertiary/aromatic N) is 1. The van der Waals surface area contributed by atoms with Crippen molar-refractivity contribution >= 4 is 29.2 Å². The molecule has 146 valence electrons. The van der Waals surface area contributed by atoms with Gasteiger partial charge in [-0.05, 0) is 36.4 Å². The molecule has 0 aliphatic carbocycles. The van der Waals surface area contributed by atoms with Crippen molar-refractivity contribution in [2.75, 3.05) is 0 Å². The maximum atomic E-state index is 12.8. The first-order valence-electron chi connectivity index (χ1n) is 7.73. The maximum absolute atomic E-state index is 12.8. The van der Waals surface area contributed by atoms with Crippen LogP contribution in [0, 0.1) is 0 Å². The average molecular weight is 431 g/mol. The zero-order chi connectivity index (χ0) is 20.3. The molecule has 0 saturated carbocycles. The normalized spacial score (nSPS) is 11.3. The fraction of sp³-hybridized carbons (Fsp3) is 0.111. The number of H-pyrrole nitrogens is 1. The van der Waals surface area contributed by atoms with Crippen LogP contribution in [0.3, 0.4) is 0 Å². The van der Waals surface area contributed by atoms with Crippen LogP contribution >= 0.6 is 23.2 Å². The zero-order valence-electron chi connectivity index (χ0n) is 13.9. The van der Waals surface area contributed by atoms with Gasteiger partial charge >= 0.3 is 12.1 Å². The molecule has 0 unspecified atom stereocenters. The number of halogens is 5. The molecule has 0 radical (unpaired) electrons. The lowest BCUT2D eigenvalue weighted by atomic mass is 10.2. The van der Waals surface area contributed by atoms with Gasteiger partial charge in [0.05, 0.1) is 26.9 Å². The molecule has 0 spiro atoms. The molecule has 0 aliphatic heterocycles. The molecule has 1 aromatic heterocycles. The van der Waals surface area contributed by atoms with E-state index in [1.807, 2.05) is 0 Å². The summed E-state index contributed by atoms with van der Waals surface area (Å²) in [4.78, 5) is 12.1. The van der Waals surface area contributed by atoms with E-state index in [0.29, 0.717) is 17.8 Å². The second-order valence-electron chi connectivity index (χ2n) is 5.55. The minimum Gasteiger partial charge on any atom is -0.456 e. The second-order valence-corrected chi connectivity index (χ2v) is 6.37. The summed E-state index contributed by atoms with van der Waals surface area (Å²) < 4.78 is 49.1. The fourth-order valence-electron chi connectivity index (χ4n) is 2.22. The summed E-state index contributed by atoms with van der Waals surface area (Å²) in [6, 6.07) is 8.96. The number of aromatic nitrogens is 2. The van der Waals surface area contributed by atoms with Crippen LogP contribution in [0.1, 0.15) is 21.6 Å². The Bertz CT molecular complexity index is 969. The molecular formula is C18H11Cl2F3N2O3. The Morgan fingerprint density at radius 1 is 1.11 bits per heavy atom. The number of alkyl halides is 3. The molecule has 0 fully saturated rings. The number of benzene rings is 2. The van der Waals surface area contributed by atoms with E-state index in [1.165, 1.54) is 30.5 Å². The molecule has 0 saturated heterocycles. The highest BCUT2D eigenvalue weighted by Gasteiger charge is 2.32. The van der Waals surface area contributed by atoms with Crippen molar-refractivity contribution in [2.24, 2.45) is 0 Å². The number of aromatic amines is 1. The number of esters is 1. The van der Waals surface area contributed by atoms with Gasteiger partial charge in [-0.1, -0.05) is 29.3 Å². The maximum Gasteiger partial charge on any atom is 0.416 e. The predicted molar refractivity (Wildman–Crippen MR) is 95.7 cm³/mol. The zero-order valence-corrected chi connectivity index (χ0v) is 15.4. The highest BCUT2D eigenvalue weighted by Crippen LogP contribution is 2.41. The van der Waals surface area contributed by atoms with Gasteiger partial charge in [0, 0.05) is 6.20 Å². The average Bonchev–Trinajstić information content (AvgIpc) is 3.15. The van der Waals surface area contributed by atoms with E-state index in [2.05, 4.69) is 10.2 Å². The molecule has 2 aromatic carbocycles. The molecule has 0 atom stereocenters. The SMILES string of the molecule is O=C(OCc1ccn[nH]1)c1cccc(Oc2c(Cl)cc(C(F)(F)F)cc2Cl)c1. The molecule has 3 rings (SSSR count). The molecule has 1 heterocycles. The Morgan fingerprint density at radius 3 is 2.43 bits per heavy atom. The van der Waals surface area contributed by atoms with E-state index < -0.39 is 17.7 Å². The van der Waals surface area contributed by atoms with Gasteiger partial charge < -0.3 is 9.47 Å². The van der Waals surface area contributed by atoms with Gasteiger partial charge in [0.15, 0.2) is 5.75 Å². The lowest BCUT2D eigenvalue weighted by Crippen LogP contribution is -2.06. The van der Waals surface area contributed by atoms with E-state index in [4.69, 9.17) is 32.7 Å². The molecule has 0 bridgehead atoms. The van der Waals surface area contributed by atoms with Crippen molar-refractivity contribution < 1.29 is 27.4 Å². The third-order valence-electron chi connectivity index (χ3n) is 3.53. The Morgan fingerprint density at radius 2 is 1.82 bits per heavy atom. The number of ether oxygens (including phenoxy) is 2. The monoisotopic (exact) mass is 430 g/mol. The summed E-state index contributed by atoms with van der Waals surface area (Å²) in [6.45, 7) is 0.000475. The minimum absolute atomic E-state index is 0.000475.